The van der Waals surface area contributed by atoms with E-state index >= 15 is 0 Å². The van der Waals surface area contributed by atoms with Crippen LogP contribution in [0.25, 0.3) is 16.7 Å². The Morgan fingerprint density at radius 2 is 1.97 bits per heavy atom. The zero-order valence-electron chi connectivity index (χ0n) is 18.0. The van der Waals surface area contributed by atoms with E-state index in [0.29, 0.717) is 12.2 Å². The van der Waals surface area contributed by atoms with Gasteiger partial charge in [-0.3, -0.25) is 0 Å². The average Bonchev–Trinajstić information content (AvgIpc) is 2.94. The van der Waals surface area contributed by atoms with Gasteiger partial charge in [-0.2, -0.15) is 13.2 Å². The van der Waals surface area contributed by atoms with Crippen molar-refractivity contribution in [1.29, 1.82) is 0 Å². The van der Waals surface area contributed by atoms with Gasteiger partial charge in [0.2, 0.25) is 0 Å². The fourth-order valence-electron chi connectivity index (χ4n) is 3.93. The standard InChI is InChI=1S/C22H25F3N6/c1-12(2)31-14(4)28-18-6-5-17(30-21(18)31)15-9-13(3)26-11-19-16(15)10-27-20(29-19)7-8-22(23,24)25/h5-6,9-10,12-13,26H,7-8,11H2,1-4H3/t13-/m1/s1. The van der Waals surface area contributed by atoms with Crippen LogP contribution in [-0.4, -0.2) is 36.7 Å². The van der Waals surface area contributed by atoms with Crippen molar-refractivity contribution >= 4 is 16.7 Å². The first-order valence-corrected chi connectivity index (χ1v) is 10.4. The first-order chi connectivity index (χ1) is 14.6. The molecule has 0 aromatic carbocycles. The van der Waals surface area contributed by atoms with Crippen LogP contribution >= 0.6 is 0 Å². The summed E-state index contributed by atoms with van der Waals surface area (Å²) in [6.45, 7) is 8.61. The van der Waals surface area contributed by atoms with E-state index in [2.05, 4.69) is 44.8 Å². The maximum absolute atomic E-state index is 12.6. The molecule has 1 aliphatic heterocycles. The first-order valence-electron chi connectivity index (χ1n) is 10.4. The highest BCUT2D eigenvalue weighted by Crippen LogP contribution is 2.30. The van der Waals surface area contributed by atoms with E-state index < -0.39 is 12.6 Å². The SMILES string of the molecule is Cc1nc2ccc(C3=C[C@@H](C)NCc4nc(CCC(F)(F)F)ncc43)nc2n1C(C)C. The normalized spacial score (nSPS) is 17.0. The van der Waals surface area contributed by atoms with Crippen molar-refractivity contribution in [1.82, 2.24) is 29.8 Å². The van der Waals surface area contributed by atoms with E-state index in [4.69, 9.17) is 4.98 Å². The van der Waals surface area contributed by atoms with Crippen LogP contribution in [0.5, 0.6) is 0 Å². The Bertz CT molecular complexity index is 1150. The Labute approximate surface area is 178 Å². The number of fused-ring (bicyclic) bond motifs is 2. The topological polar surface area (TPSA) is 68.5 Å². The Kier molecular flexibility index (Phi) is 5.55. The van der Waals surface area contributed by atoms with Crippen molar-refractivity contribution in [2.75, 3.05) is 0 Å². The van der Waals surface area contributed by atoms with Gasteiger partial charge in [-0.25, -0.2) is 19.9 Å². The molecule has 9 heteroatoms. The van der Waals surface area contributed by atoms with Crippen LogP contribution in [0.15, 0.2) is 24.4 Å². The van der Waals surface area contributed by atoms with Gasteiger partial charge in [0.25, 0.3) is 0 Å². The molecule has 164 valence electrons. The summed E-state index contributed by atoms with van der Waals surface area (Å²) in [7, 11) is 0. The van der Waals surface area contributed by atoms with Crippen molar-refractivity contribution in [2.45, 2.75) is 65.3 Å². The number of rotatable bonds is 4. The van der Waals surface area contributed by atoms with E-state index in [1.54, 1.807) is 6.20 Å². The van der Waals surface area contributed by atoms with Crippen molar-refractivity contribution in [3.63, 3.8) is 0 Å². The zero-order chi connectivity index (χ0) is 22.3. The summed E-state index contributed by atoms with van der Waals surface area (Å²) in [6, 6.07) is 4.12. The molecule has 0 radical (unpaired) electrons. The minimum absolute atomic E-state index is 0.0390. The third kappa shape index (κ3) is 4.46. The van der Waals surface area contributed by atoms with Gasteiger partial charge in [-0.15, -0.1) is 0 Å². The minimum atomic E-state index is -4.23. The molecule has 0 saturated carbocycles. The van der Waals surface area contributed by atoms with Gasteiger partial charge in [-0.05, 0) is 39.8 Å². The van der Waals surface area contributed by atoms with Crippen LogP contribution in [0.4, 0.5) is 13.2 Å². The summed E-state index contributed by atoms with van der Waals surface area (Å²) in [5.74, 6) is 1.10. The minimum Gasteiger partial charge on any atom is -0.310 e. The third-order valence-corrected chi connectivity index (χ3v) is 5.35. The monoisotopic (exact) mass is 430 g/mol. The molecule has 0 amide bonds. The molecule has 4 rings (SSSR count). The highest BCUT2D eigenvalue weighted by molar-refractivity contribution is 5.83. The highest BCUT2D eigenvalue weighted by Gasteiger charge is 2.28. The second kappa shape index (κ2) is 8.03. The van der Waals surface area contributed by atoms with Gasteiger partial charge in [0.15, 0.2) is 5.65 Å². The van der Waals surface area contributed by atoms with Gasteiger partial charge in [-0.1, -0.05) is 6.08 Å². The molecule has 3 aromatic heterocycles. The molecule has 3 aromatic rings. The number of pyridine rings is 1. The van der Waals surface area contributed by atoms with E-state index in [1.807, 2.05) is 26.0 Å². The van der Waals surface area contributed by atoms with Crippen molar-refractivity contribution in [3.05, 3.63) is 53.0 Å². The summed E-state index contributed by atoms with van der Waals surface area (Å²) in [5.41, 5.74) is 4.73. The molecule has 1 atom stereocenters. The van der Waals surface area contributed by atoms with Crippen LogP contribution in [-0.2, 0) is 13.0 Å². The summed E-state index contributed by atoms with van der Waals surface area (Å²) >= 11 is 0. The average molecular weight is 430 g/mol. The number of nitrogens with one attached hydrogen (secondary N) is 1. The van der Waals surface area contributed by atoms with Gasteiger partial charge in [0.05, 0.1) is 17.8 Å². The number of nitrogens with zero attached hydrogens (tertiary/aromatic N) is 5. The molecular weight excluding hydrogens is 405 g/mol. The van der Waals surface area contributed by atoms with Crippen LogP contribution in [0.1, 0.15) is 61.8 Å². The van der Waals surface area contributed by atoms with Crippen molar-refractivity contribution < 1.29 is 13.2 Å². The van der Waals surface area contributed by atoms with E-state index in [1.165, 1.54) is 0 Å². The molecular formula is C22H25F3N6. The third-order valence-electron chi connectivity index (χ3n) is 5.35. The molecule has 0 spiro atoms. The fourth-order valence-corrected chi connectivity index (χ4v) is 3.93. The van der Waals surface area contributed by atoms with Crippen molar-refractivity contribution in [2.24, 2.45) is 0 Å². The van der Waals surface area contributed by atoms with Crippen LogP contribution in [0, 0.1) is 6.92 Å². The first kappa shape index (κ1) is 21.4. The molecule has 0 bridgehead atoms. The lowest BCUT2D eigenvalue weighted by atomic mass is 10.0. The van der Waals surface area contributed by atoms with Crippen LogP contribution in [0.2, 0.25) is 0 Å². The Hall–Kier alpha value is -2.81. The maximum atomic E-state index is 12.6. The Balaban J connectivity index is 1.77. The smallest absolute Gasteiger partial charge is 0.310 e. The predicted octanol–water partition coefficient (Wildman–Crippen LogP) is 4.53. The van der Waals surface area contributed by atoms with Crippen LogP contribution < -0.4 is 5.32 Å². The van der Waals surface area contributed by atoms with E-state index in [0.717, 1.165) is 33.8 Å². The molecule has 0 aliphatic carbocycles. The summed E-state index contributed by atoms with van der Waals surface area (Å²) in [6.07, 6.45) is -1.72. The molecule has 1 aliphatic rings. The summed E-state index contributed by atoms with van der Waals surface area (Å²) in [4.78, 5) is 18.2. The second-order valence-electron chi connectivity index (χ2n) is 8.17. The Morgan fingerprint density at radius 1 is 1.19 bits per heavy atom. The molecule has 0 fully saturated rings. The van der Waals surface area contributed by atoms with Gasteiger partial charge >= 0.3 is 6.18 Å². The van der Waals surface area contributed by atoms with Crippen LogP contribution in [0.3, 0.4) is 0 Å². The van der Waals surface area contributed by atoms with E-state index in [-0.39, 0.29) is 24.3 Å². The summed E-state index contributed by atoms with van der Waals surface area (Å²) in [5, 5.41) is 3.34. The molecule has 1 N–H and O–H groups in total. The molecule has 31 heavy (non-hydrogen) atoms. The number of aryl methyl sites for hydroxylation is 2. The van der Waals surface area contributed by atoms with E-state index in [9.17, 15) is 13.2 Å². The number of alkyl halides is 3. The number of hydrogen-bond donors (Lipinski definition) is 1. The highest BCUT2D eigenvalue weighted by atomic mass is 19.4. The number of aromatic nitrogens is 5. The lowest BCUT2D eigenvalue weighted by molar-refractivity contribution is -0.134. The molecule has 0 saturated heterocycles. The van der Waals surface area contributed by atoms with Gasteiger partial charge < -0.3 is 9.88 Å². The molecule has 6 nitrogen and oxygen atoms in total. The number of imidazole rings is 1. The fraction of sp³-hybridized carbons (Fsp3) is 0.455. The van der Waals surface area contributed by atoms with Gasteiger partial charge in [0.1, 0.15) is 17.2 Å². The lowest BCUT2D eigenvalue weighted by Crippen LogP contribution is -2.23. The summed E-state index contributed by atoms with van der Waals surface area (Å²) < 4.78 is 39.9. The number of hydrogen-bond acceptors (Lipinski definition) is 5. The van der Waals surface area contributed by atoms with Gasteiger partial charge in [0, 0.05) is 42.4 Å². The molecule has 0 unspecified atom stereocenters. The quantitative estimate of drug-likeness (QED) is 0.659. The maximum Gasteiger partial charge on any atom is 0.389 e. The largest absolute Gasteiger partial charge is 0.389 e. The van der Waals surface area contributed by atoms with Crippen molar-refractivity contribution in [3.8, 4) is 0 Å². The number of halogens is 3. The lowest BCUT2D eigenvalue weighted by Gasteiger charge is -2.13. The molecule has 4 heterocycles. The zero-order valence-corrected chi connectivity index (χ0v) is 18.0. The second-order valence-corrected chi connectivity index (χ2v) is 8.17. The Morgan fingerprint density at radius 3 is 2.68 bits per heavy atom. The predicted molar refractivity (Wildman–Crippen MR) is 112 cm³/mol.